The third-order valence-electron chi connectivity index (χ3n) is 9.70. The lowest BCUT2D eigenvalue weighted by atomic mass is 9.40. The van der Waals surface area contributed by atoms with E-state index >= 15 is 0 Å². The van der Waals surface area contributed by atoms with Gasteiger partial charge in [-0.05, 0) is 44.6 Å². The van der Waals surface area contributed by atoms with Gasteiger partial charge in [0.2, 0.25) is 0 Å². The van der Waals surface area contributed by atoms with Crippen molar-refractivity contribution in [2.45, 2.75) is 96.2 Å². The van der Waals surface area contributed by atoms with Crippen molar-refractivity contribution in [1.29, 1.82) is 0 Å². The second-order valence-electron chi connectivity index (χ2n) is 10.8. The quantitative estimate of drug-likeness (QED) is 0.552. The van der Waals surface area contributed by atoms with E-state index in [-0.39, 0.29) is 29.9 Å². The minimum absolute atomic E-state index is 0.00914. The Kier molecular flexibility index (Phi) is 4.68. The Morgan fingerprint density at radius 1 is 1.38 bits per heavy atom. The zero-order chi connectivity index (χ0) is 23.1. The molecule has 1 aromatic heterocycles. The Morgan fingerprint density at radius 2 is 2.12 bits per heavy atom. The van der Waals surface area contributed by atoms with E-state index in [0.29, 0.717) is 32.1 Å². The number of carbonyl (C=O) groups is 2. The van der Waals surface area contributed by atoms with Crippen LogP contribution in [0, 0.1) is 22.7 Å². The van der Waals surface area contributed by atoms with Gasteiger partial charge in [-0.1, -0.05) is 27.7 Å². The molecular formula is C25H34O7. The largest absolute Gasteiger partial charge is 0.472 e. The highest BCUT2D eigenvalue weighted by Gasteiger charge is 2.85. The molecular weight excluding hydrogens is 412 g/mol. The van der Waals surface area contributed by atoms with E-state index in [1.165, 1.54) is 0 Å². The minimum atomic E-state index is -1.44. The lowest BCUT2D eigenvalue weighted by Crippen LogP contribution is -2.76. The van der Waals surface area contributed by atoms with Crippen LogP contribution in [0.1, 0.15) is 78.4 Å². The predicted octanol–water partition coefficient (Wildman–Crippen LogP) is 3.94. The number of hydrogen-bond donors (Lipinski definition) is 1. The fraction of sp³-hybridized carbons (Fsp3) is 0.760. The summed E-state index contributed by atoms with van der Waals surface area (Å²) in [5, 5.41) is 12.6. The molecule has 3 heterocycles. The zero-order valence-corrected chi connectivity index (χ0v) is 19.6. The minimum Gasteiger partial charge on any atom is -0.472 e. The van der Waals surface area contributed by atoms with E-state index in [9.17, 15) is 14.7 Å². The Bertz CT molecular complexity index is 927. The summed E-state index contributed by atoms with van der Waals surface area (Å²) >= 11 is 0. The number of cyclic esters (lactones) is 1. The fourth-order valence-corrected chi connectivity index (χ4v) is 7.13. The van der Waals surface area contributed by atoms with Gasteiger partial charge in [0.1, 0.15) is 23.2 Å². The lowest BCUT2D eigenvalue weighted by Gasteiger charge is -2.64. The maximum atomic E-state index is 13.6. The van der Waals surface area contributed by atoms with Gasteiger partial charge in [-0.2, -0.15) is 0 Å². The molecule has 4 aliphatic rings. The molecule has 0 bridgehead atoms. The highest BCUT2D eigenvalue weighted by molar-refractivity contribution is 5.82. The summed E-state index contributed by atoms with van der Waals surface area (Å²) < 4.78 is 23.4. The Labute approximate surface area is 188 Å². The third kappa shape index (κ3) is 2.44. The average Bonchev–Trinajstić information content (AvgIpc) is 3.11. The number of carbonyl (C=O) groups excluding carboxylic acids is 2. The second-order valence-corrected chi connectivity index (χ2v) is 10.8. The second kappa shape index (κ2) is 6.83. The first-order valence-electron chi connectivity index (χ1n) is 11.9. The normalized spacial score (nSPS) is 48.0. The summed E-state index contributed by atoms with van der Waals surface area (Å²) in [7, 11) is 0. The van der Waals surface area contributed by atoms with Crippen LogP contribution in [0.15, 0.2) is 23.0 Å². The van der Waals surface area contributed by atoms with Gasteiger partial charge in [0.25, 0.3) is 0 Å². The average molecular weight is 447 g/mol. The molecule has 7 heteroatoms. The van der Waals surface area contributed by atoms with Gasteiger partial charge in [0.05, 0.1) is 35.6 Å². The first-order chi connectivity index (χ1) is 15.0. The molecule has 32 heavy (non-hydrogen) atoms. The molecule has 0 aromatic carbocycles. The van der Waals surface area contributed by atoms with Crippen molar-refractivity contribution in [1.82, 2.24) is 0 Å². The van der Waals surface area contributed by atoms with E-state index in [0.717, 1.165) is 5.56 Å². The summed E-state index contributed by atoms with van der Waals surface area (Å²) in [5.74, 6) is -1.11. The molecule has 1 spiro atoms. The molecule has 2 saturated heterocycles. The summed E-state index contributed by atoms with van der Waals surface area (Å²) in [6, 6.07) is 1.80. The number of hydrogen-bond acceptors (Lipinski definition) is 7. The van der Waals surface area contributed by atoms with Crippen molar-refractivity contribution in [2.24, 2.45) is 22.7 Å². The first kappa shape index (κ1) is 22.0. The van der Waals surface area contributed by atoms with E-state index in [2.05, 4.69) is 0 Å². The van der Waals surface area contributed by atoms with Gasteiger partial charge in [-0.25, -0.2) is 0 Å². The SMILES string of the molecule is CCC(C)C(=O)OC1CC(C)C2(CC(c3ccoc3)OC2=O)C2(O)CCC3OC3(C)C12C. The molecule has 9 unspecified atom stereocenters. The molecule has 1 aromatic rings. The van der Waals surface area contributed by atoms with Crippen LogP contribution in [0.25, 0.3) is 0 Å². The zero-order valence-electron chi connectivity index (χ0n) is 19.6. The van der Waals surface area contributed by atoms with Crippen molar-refractivity contribution in [3.63, 3.8) is 0 Å². The number of furan rings is 1. The maximum absolute atomic E-state index is 13.6. The highest BCUT2D eigenvalue weighted by atomic mass is 16.6. The smallest absolute Gasteiger partial charge is 0.316 e. The Balaban J connectivity index is 1.59. The van der Waals surface area contributed by atoms with Crippen LogP contribution in [-0.4, -0.2) is 40.5 Å². The molecule has 1 N–H and O–H groups in total. The summed E-state index contributed by atoms with van der Waals surface area (Å²) in [6.07, 6.45) is 4.70. The number of fused-ring (bicyclic) bond motifs is 4. The molecule has 9 atom stereocenters. The van der Waals surface area contributed by atoms with E-state index in [4.69, 9.17) is 18.6 Å². The van der Waals surface area contributed by atoms with Crippen LogP contribution in [0.3, 0.4) is 0 Å². The van der Waals surface area contributed by atoms with Crippen molar-refractivity contribution in [2.75, 3.05) is 0 Å². The number of epoxide rings is 1. The van der Waals surface area contributed by atoms with Gasteiger partial charge in [0.15, 0.2) is 0 Å². The number of aliphatic hydroxyl groups is 1. The first-order valence-corrected chi connectivity index (χ1v) is 11.9. The molecule has 2 saturated carbocycles. The van der Waals surface area contributed by atoms with Crippen LogP contribution >= 0.6 is 0 Å². The van der Waals surface area contributed by atoms with Gasteiger partial charge in [0, 0.05) is 12.0 Å². The highest BCUT2D eigenvalue weighted by Crippen LogP contribution is 2.74. The summed E-state index contributed by atoms with van der Waals surface area (Å²) in [6.45, 7) is 9.72. The number of rotatable bonds is 4. The summed E-state index contributed by atoms with van der Waals surface area (Å²) in [5.41, 5.74) is -3.36. The van der Waals surface area contributed by atoms with Crippen LogP contribution in [0.2, 0.25) is 0 Å². The Hall–Kier alpha value is -1.86. The molecule has 176 valence electrons. The van der Waals surface area contributed by atoms with Gasteiger partial charge >= 0.3 is 11.9 Å². The van der Waals surface area contributed by atoms with E-state index in [1.807, 2.05) is 34.6 Å². The van der Waals surface area contributed by atoms with Gasteiger partial charge in [-0.15, -0.1) is 0 Å². The molecule has 2 aliphatic carbocycles. The number of ether oxygens (including phenoxy) is 3. The molecule has 0 radical (unpaired) electrons. The van der Waals surface area contributed by atoms with Gasteiger partial charge < -0.3 is 23.7 Å². The molecule has 2 aliphatic heterocycles. The summed E-state index contributed by atoms with van der Waals surface area (Å²) in [4.78, 5) is 26.4. The number of esters is 2. The van der Waals surface area contributed by atoms with Crippen LogP contribution in [-0.2, 0) is 23.8 Å². The third-order valence-corrected chi connectivity index (χ3v) is 9.70. The predicted molar refractivity (Wildman–Crippen MR) is 113 cm³/mol. The molecule has 7 nitrogen and oxygen atoms in total. The van der Waals surface area contributed by atoms with Crippen molar-refractivity contribution >= 4 is 11.9 Å². The van der Waals surface area contributed by atoms with Crippen molar-refractivity contribution in [3.05, 3.63) is 24.2 Å². The molecule has 0 amide bonds. The van der Waals surface area contributed by atoms with Crippen molar-refractivity contribution in [3.8, 4) is 0 Å². The molecule has 5 rings (SSSR count). The lowest BCUT2D eigenvalue weighted by molar-refractivity contribution is -0.277. The monoisotopic (exact) mass is 446 g/mol. The fourth-order valence-electron chi connectivity index (χ4n) is 7.13. The van der Waals surface area contributed by atoms with E-state index in [1.54, 1.807) is 18.6 Å². The van der Waals surface area contributed by atoms with Crippen molar-refractivity contribution < 1.29 is 33.3 Å². The van der Waals surface area contributed by atoms with Crippen LogP contribution in [0.5, 0.6) is 0 Å². The Morgan fingerprint density at radius 3 is 2.78 bits per heavy atom. The topological polar surface area (TPSA) is 98.5 Å². The van der Waals surface area contributed by atoms with Crippen LogP contribution < -0.4 is 0 Å². The molecule has 4 fully saturated rings. The van der Waals surface area contributed by atoms with Gasteiger partial charge in [-0.3, -0.25) is 9.59 Å². The standard InChI is InChI=1S/C25H34O7/c1-6-14(2)20(26)31-19-11-15(3)24(12-17(30-21(24)27)16-8-10-29-13-16)25(28)9-7-18-23(5,32-18)22(19,25)4/h8,10,13-15,17-19,28H,6-7,9,11-12H2,1-5H3. The van der Waals surface area contributed by atoms with Crippen LogP contribution in [0.4, 0.5) is 0 Å². The van der Waals surface area contributed by atoms with E-state index < -0.39 is 34.2 Å². The maximum Gasteiger partial charge on any atom is 0.316 e.